The molecule has 0 bridgehead atoms. The van der Waals surface area contributed by atoms with Gasteiger partial charge >= 0.3 is 0 Å². The van der Waals surface area contributed by atoms with Crippen molar-refractivity contribution in [3.8, 4) is 0 Å². The van der Waals surface area contributed by atoms with Crippen LogP contribution in [0, 0.1) is 0 Å². The van der Waals surface area contributed by atoms with E-state index in [4.69, 9.17) is 11.6 Å². The van der Waals surface area contributed by atoms with E-state index >= 15 is 0 Å². The maximum absolute atomic E-state index is 5.85. The Kier molecular flexibility index (Phi) is 3.97. The van der Waals surface area contributed by atoms with Crippen LogP contribution < -0.4 is 5.32 Å². The van der Waals surface area contributed by atoms with Gasteiger partial charge in [0.2, 0.25) is 0 Å². The van der Waals surface area contributed by atoms with Crippen LogP contribution in [0.1, 0.15) is 17.8 Å². The molecule has 0 aromatic carbocycles. The smallest absolute Gasteiger partial charge is 0.113 e. The summed E-state index contributed by atoms with van der Waals surface area (Å²) in [5.74, 6) is 0. The van der Waals surface area contributed by atoms with Crippen LogP contribution in [0.25, 0.3) is 0 Å². The normalized spacial score (nSPS) is 22.2. The summed E-state index contributed by atoms with van der Waals surface area (Å²) >= 11 is 7.43. The predicted octanol–water partition coefficient (Wildman–Crippen LogP) is 1.98. The highest BCUT2D eigenvalue weighted by Gasteiger charge is 2.18. The van der Waals surface area contributed by atoms with Crippen molar-refractivity contribution in [3.63, 3.8) is 0 Å². The van der Waals surface area contributed by atoms with E-state index < -0.39 is 0 Å². The molecule has 1 saturated heterocycles. The van der Waals surface area contributed by atoms with Gasteiger partial charge in [0.1, 0.15) is 9.34 Å². The van der Waals surface area contributed by atoms with Crippen molar-refractivity contribution in [3.05, 3.63) is 15.5 Å². The molecule has 0 saturated carbocycles. The molecule has 1 fully saturated rings. The van der Waals surface area contributed by atoms with Crippen LogP contribution in [0.4, 0.5) is 0 Å². The van der Waals surface area contributed by atoms with E-state index in [1.165, 1.54) is 12.8 Å². The van der Waals surface area contributed by atoms with Crippen LogP contribution in [0.2, 0.25) is 4.34 Å². The zero-order valence-corrected chi connectivity index (χ0v) is 10.4. The van der Waals surface area contributed by atoms with E-state index in [1.54, 1.807) is 17.5 Å². The highest BCUT2D eigenvalue weighted by Crippen LogP contribution is 2.20. The van der Waals surface area contributed by atoms with Gasteiger partial charge in [-0.25, -0.2) is 4.98 Å². The largest absolute Gasteiger partial charge is 0.315 e. The third-order valence-electron chi connectivity index (χ3n) is 2.80. The standard InChI is InChI=1S/C10H16ClN3S/c1-14(8-3-2-4-12-5-8)7-10-13-6-9(11)15-10/h6,8,12H,2-5,7H2,1H3. The summed E-state index contributed by atoms with van der Waals surface area (Å²) in [6.45, 7) is 3.16. The van der Waals surface area contributed by atoms with Crippen LogP contribution in [0.5, 0.6) is 0 Å². The van der Waals surface area contributed by atoms with Gasteiger partial charge in [0, 0.05) is 12.6 Å². The van der Waals surface area contributed by atoms with Gasteiger partial charge in [0.05, 0.1) is 12.7 Å². The number of hydrogen-bond donors (Lipinski definition) is 1. The maximum Gasteiger partial charge on any atom is 0.113 e. The van der Waals surface area contributed by atoms with Crippen molar-refractivity contribution in [1.82, 2.24) is 15.2 Å². The minimum Gasteiger partial charge on any atom is -0.315 e. The van der Waals surface area contributed by atoms with E-state index in [9.17, 15) is 0 Å². The third-order valence-corrected chi connectivity index (χ3v) is 3.90. The first-order valence-corrected chi connectivity index (χ1v) is 6.46. The summed E-state index contributed by atoms with van der Waals surface area (Å²) in [4.78, 5) is 6.64. The first-order chi connectivity index (χ1) is 7.25. The van der Waals surface area contributed by atoms with Gasteiger partial charge in [-0.3, -0.25) is 4.90 Å². The quantitative estimate of drug-likeness (QED) is 0.883. The van der Waals surface area contributed by atoms with Crippen LogP contribution in [0.15, 0.2) is 6.20 Å². The van der Waals surface area contributed by atoms with Crippen LogP contribution in [0.3, 0.4) is 0 Å². The van der Waals surface area contributed by atoms with Gasteiger partial charge in [0.15, 0.2) is 0 Å². The molecular weight excluding hydrogens is 230 g/mol. The average molecular weight is 246 g/mol. The van der Waals surface area contributed by atoms with Crippen molar-refractivity contribution in [1.29, 1.82) is 0 Å². The lowest BCUT2D eigenvalue weighted by molar-refractivity contribution is 0.195. The topological polar surface area (TPSA) is 28.2 Å². The first-order valence-electron chi connectivity index (χ1n) is 5.27. The lowest BCUT2D eigenvalue weighted by atomic mass is 10.1. The molecule has 5 heteroatoms. The van der Waals surface area contributed by atoms with E-state index in [2.05, 4.69) is 22.2 Å². The molecule has 1 aromatic heterocycles. The summed E-state index contributed by atoms with van der Waals surface area (Å²) in [6, 6.07) is 0.640. The number of aromatic nitrogens is 1. The second kappa shape index (κ2) is 5.25. The predicted molar refractivity (Wildman–Crippen MR) is 64.5 cm³/mol. The lowest BCUT2D eigenvalue weighted by Crippen LogP contribution is -2.43. The molecule has 0 spiro atoms. The summed E-state index contributed by atoms with van der Waals surface area (Å²) < 4.78 is 0.778. The molecule has 1 N–H and O–H groups in total. The average Bonchev–Trinajstić information content (AvgIpc) is 2.65. The summed E-state index contributed by atoms with van der Waals surface area (Å²) in [5, 5.41) is 4.53. The molecule has 2 heterocycles. The number of likely N-dealkylation sites (N-methyl/N-ethyl adjacent to an activating group) is 1. The number of piperidine rings is 1. The van der Waals surface area contributed by atoms with Crippen LogP contribution >= 0.6 is 22.9 Å². The molecule has 1 aliphatic rings. The molecule has 3 nitrogen and oxygen atoms in total. The molecule has 1 unspecified atom stereocenters. The zero-order chi connectivity index (χ0) is 10.7. The fourth-order valence-corrected chi connectivity index (χ4v) is 2.93. The van der Waals surface area contributed by atoms with E-state index in [1.807, 2.05) is 0 Å². The monoisotopic (exact) mass is 245 g/mol. The molecule has 0 amide bonds. The molecule has 84 valence electrons. The second-order valence-electron chi connectivity index (χ2n) is 3.97. The second-order valence-corrected chi connectivity index (χ2v) is 5.72. The van der Waals surface area contributed by atoms with E-state index in [0.717, 1.165) is 29.0 Å². The molecule has 1 aromatic rings. The summed E-state index contributed by atoms with van der Waals surface area (Å²) in [7, 11) is 2.16. The molecule has 15 heavy (non-hydrogen) atoms. The van der Waals surface area contributed by atoms with Gasteiger partial charge in [-0.15, -0.1) is 11.3 Å². The fraction of sp³-hybridized carbons (Fsp3) is 0.700. The highest BCUT2D eigenvalue weighted by atomic mass is 35.5. The first kappa shape index (κ1) is 11.3. The Hall–Kier alpha value is -0.160. The van der Waals surface area contributed by atoms with E-state index in [0.29, 0.717) is 6.04 Å². The van der Waals surface area contributed by atoms with Gasteiger partial charge in [-0.2, -0.15) is 0 Å². The third kappa shape index (κ3) is 3.14. The van der Waals surface area contributed by atoms with Crippen molar-refractivity contribution >= 4 is 22.9 Å². The van der Waals surface area contributed by atoms with Crippen LogP contribution in [-0.2, 0) is 6.54 Å². The van der Waals surface area contributed by atoms with Gasteiger partial charge in [-0.05, 0) is 26.4 Å². The molecule has 2 rings (SSSR count). The minimum atomic E-state index is 0.640. The van der Waals surface area contributed by atoms with Crippen molar-refractivity contribution < 1.29 is 0 Å². The summed E-state index contributed by atoms with van der Waals surface area (Å²) in [5.41, 5.74) is 0. The van der Waals surface area contributed by atoms with Gasteiger partial charge in [0.25, 0.3) is 0 Å². The Morgan fingerprint density at radius 2 is 2.60 bits per heavy atom. The molecule has 0 radical (unpaired) electrons. The Morgan fingerprint density at radius 1 is 1.73 bits per heavy atom. The number of rotatable bonds is 3. The van der Waals surface area contributed by atoms with Gasteiger partial charge < -0.3 is 5.32 Å². The van der Waals surface area contributed by atoms with Crippen LogP contribution in [-0.4, -0.2) is 36.1 Å². The molecule has 0 aliphatic carbocycles. The van der Waals surface area contributed by atoms with Crippen molar-refractivity contribution in [2.75, 3.05) is 20.1 Å². The number of thiazole rings is 1. The van der Waals surface area contributed by atoms with Crippen molar-refractivity contribution in [2.24, 2.45) is 0 Å². The van der Waals surface area contributed by atoms with E-state index in [-0.39, 0.29) is 0 Å². The number of hydrogen-bond acceptors (Lipinski definition) is 4. The Morgan fingerprint density at radius 3 is 3.20 bits per heavy atom. The molecule has 1 aliphatic heterocycles. The lowest BCUT2D eigenvalue weighted by Gasteiger charge is -2.30. The SMILES string of the molecule is CN(Cc1ncc(Cl)s1)C1CCCNC1. The minimum absolute atomic E-state index is 0.640. The Balaban J connectivity index is 1.88. The number of halogens is 1. The summed E-state index contributed by atoms with van der Waals surface area (Å²) in [6.07, 6.45) is 4.28. The Labute approximate surface area is 99.5 Å². The molecular formula is C10H16ClN3S. The Bertz CT molecular complexity index is 309. The zero-order valence-electron chi connectivity index (χ0n) is 8.87. The van der Waals surface area contributed by atoms with Crippen molar-refractivity contribution in [2.45, 2.75) is 25.4 Å². The molecule has 1 atom stereocenters. The number of nitrogens with zero attached hydrogens (tertiary/aromatic N) is 2. The maximum atomic E-state index is 5.85. The highest BCUT2D eigenvalue weighted by molar-refractivity contribution is 7.15. The van der Waals surface area contributed by atoms with Gasteiger partial charge in [-0.1, -0.05) is 11.6 Å². The number of nitrogens with one attached hydrogen (secondary N) is 1. The fourth-order valence-electron chi connectivity index (χ4n) is 1.91.